The van der Waals surface area contributed by atoms with Crippen LogP contribution in [0.15, 0.2) is 28.7 Å². The Morgan fingerprint density at radius 3 is 2.77 bits per heavy atom. The third-order valence-corrected chi connectivity index (χ3v) is 2.56. The Hall–Kier alpha value is -0.540. The highest BCUT2D eigenvalue weighted by molar-refractivity contribution is 9.10. The van der Waals surface area contributed by atoms with Gasteiger partial charge in [0.25, 0.3) is 0 Å². The monoisotopic (exact) mass is 243 g/mol. The van der Waals surface area contributed by atoms with Crippen molar-refractivity contribution >= 4 is 21.6 Å². The molecule has 0 spiro atoms. The molecule has 13 heavy (non-hydrogen) atoms. The third-order valence-electron chi connectivity index (χ3n) is 1.87. The highest BCUT2D eigenvalue weighted by Gasteiger charge is 2.01. The van der Waals surface area contributed by atoms with E-state index < -0.39 is 0 Å². The molecule has 0 radical (unpaired) electrons. The minimum absolute atomic E-state index is 0.271. The second-order valence-corrected chi connectivity index (χ2v) is 3.78. The quantitative estimate of drug-likeness (QED) is 0.853. The fraction of sp³-hybridized carbons (Fsp3) is 0.400. The zero-order chi connectivity index (χ0) is 9.68. The molecule has 0 amide bonds. The summed E-state index contributed by atoms with van der Waals surface area (Å²) in [5.41, 5.74) is 1.02. The summed E-state index contributed by atoms with van der Waals surface area (Å²) in [5, 5.41) is 12.5. The SMILES string of the molecule is CCC(O)CNc1ccccc1Br. The van der Waals surface area contributed by atoms with E-state index in [1.165, 1.54) is 0 Å². The lowest BCUT2D eigenvalue weighted by Crippen LogP contribution is -2.18. The van der Waals surface area contributed by atoms with E-state index in [1.807, 2.05) is 31.2 Å². The number of para-hydroxylation sites is 1. The lowest BCUT2D eigenvalue weighted by atomic mass is 10.2. The molecule has 0 heterocycles. The summed E-state index contributed by atoms with van der Waals surface area (Å²) in [6.07, 6.45) is 0.504. The highest BCUT2D eigenvalue weighted by atomic mass is 79.9. The molecular weight excluding hydrogens is 230 g/mol. The van der Waals surface area contributed by atoms with Gasteiger partial charge in [-0.15, -0.1) is 0 Å². The van der Waals surface area contributed by atoms with Gasteiger partial charge in [0.05, 0.1) is 6.10 Å². The van der Waals surface area contributed by atoms with Crippen molar-refractivity contribution in [3.63, 3.8) is 0 Å². The molecule has 72 valence electrons. The summed E-state index contributed by atoms with van der Waals surface area (Å²) in [6.45, 7) is 2.56. The summed E-state index contributed by atoms with van der Waals surface area (Å²) in [6, 6.07) is 7.88. The first kappa shape index (κ1) is 10.5. The third kappa shape index (κ3) is 3.36. The Kier molecular flexibility index (Phi) is 4.25. The number of aliphatic hydroxyl groups excluding tert-OH is 1. The second-order valence-electron chi connectivity index (χ2n) is 2.92. The number of anilines is 1. The molecule has 0 saturated heterocycles. The molecule has 0 aliphatic rings. The fourth-order valence-corrected chi connectivity index (χ4v) is 1.40. The number of benzene rings is 1. The second kappa shape index (κ2) is 5.25. The van der Waals surface area contributed by atoms with Crippen molar-refractivity contribution in [2.24, 2.45) is 0 Å². The van der Waals surface area contributed by atoms with Crippen LogP contribution in [-0.2, 0) is 0 Å². The molecule has 1 rings (SSSR count). The van der Waals surface area contributed by atoms with Gasteiger partial charge in [-0.25, -0.2) is 0 Å². The minimum Gasteiger partial charge on any atom is -0.391 e. The largest absolute Gasteiger partial charge is 0.391 e. The molecule has 1 aromatic rings. The molecule has 0 aliphatic heterocycles. The number of halogens is 1. The van der Waals surface area contributed by atoms with Crippen molar-refractivity contribution in [2.75, 3.05) is 11.9 Å². The molecule has 3 heteroatoms. The normalized spacial score (nSPS) is 12.5. The highest BCUT2D eigenvalue weighted by Crippen LogP contribution is 2.20. The summed E-state index contributed by atoms with van der Waals surface area (Å²) >= 11 is 3.42. The van der Waals surface area contributed by atoms with Gasteiger partial charge in [0, 0.05) is 16.7 Å². The number of hydrogen-bond acceptors (Lipinski definition) is 2. The van der Waals surface area contributed by atoms with Crippen LogP contribution in [0.2, 0.25) is 0 Å². The molecular formula is C10H14BrNO. The number of aliphatic hydroxyl groups is 1. The predicted octanol–water partition coefficient (Wildman–Crippen LogP) is 2.63. The van der Waals surface area contributed by atoms with Gasteiger partial charge in [-0.2, -0.15) is 0 Å². The standard InChI is InChI=1S/C10H14BrNO/c1-2-8(13)7-12-10-6-4-3-5-9(10)11/h3-6,8,12-13H,2,7H2,1H3. The van der Waals surface area contributed by atoms with Gasteiger partial charge >= 0.3 is 0 Å². The summed E-state index contributed by atoms with van der Waals surface area (Å²) in [7, 11) is 0. The van der Waals surface area contributed by atoms with E-state index in [0.717, 1.165) is 16.6 Å². The summed E-state index contributed by atoms with van der Waals surface area (Å²) in [5.74, 6) is 0. The van der Waals surface area contributed by atoms with Crippen LogP contribution in [0, 0.1) is 0 Å². The first-order valence-corrected chi connectivity index (χ1v) is 5.19. The average molecular weight is 244 g/mol. The first-order valence-electron chi connectivity index (χ1n) is 4.40. The Morgan fingerprint density at radius 2 is 2.15 bits per heavy atom. The van der Waals surface area contributed by atoms with Gasteiger partial charge in [-0.3, -0.25) is 0 Å². The molecule has 1 unspecified atom stereocenters. The average Bonchev–Trinajstić information content (AvgIpc) is 2.16. The lowest BCUT2D eigenvalue weighted by molar-refractivity contribution is 0.183. The van der Waals surface area contributed by atoms with Crippen LogP contribution in [0.5, 0.6) is 0 Å². The lowest BCUT2D eigenvalue weighted by Gasteiger charge is -2.11. The molecule has 0 aromatic heterocycles. The van der Waals surface area contributed by atoms with Crippen LogP contribution < -0.4 is 5.32 Å². The maximum absolute atomic E-state index is 9.33. The van der Waals surface area contributed by atoms with Gasteiger partial charge in [0.15, 0.2) is 0 Å². The van der Waals surface area contributed by atoms with Gasteiger partial charge in [-0.1, -0.05) is 19.1 Å². The molecule has 0 fully saturated rings. The smallest absolute Gasteiger partial charge is 0.0709 e. The van der Waals surface area contributed by atoms with Crippen LogP contribution in [0.25, 0.3) is 0 Å². The minimum atomic E-state index is -0.271. The molecule has 0 aliphatic carbocycles. The van der Waals surface area contributed by atoms with Crippen LogP contribution in [0.3, 0.4) is 0 Å². The number of rotatable bonds is 4. The zero-order valence-corrected chi connectivity index (χ0v) is 9.21. The number of hydrogen-bond donors (Lipinski definition) is 2. The molecule has 1 aromatic carbocycles. The van der Waals surface area contributed by atoms with Gasteiger partial charge in [0.2, 0.25) is 0 Å². The van der Waals surface area contributed by atoms with Crippen molar-refractivity contribution in [3.05, 3.63) is 28.7 Å². The Bertz CT molecular complexity index is 265. The van der Waals surface area contributed by atoms with Gasteiger partial charge < -0.3 is 10.4 Å². The van der Waals surface area contributed by atoms with Crippen molar-refractivity contribution in [3.8, 4) is 0 Å². The van der Waals surface area contributed by atoms with E-state index in [2.05, 4.69) is 21.2 Å². The van der Waals surface area contributed by atoms with E-state index in [1.54, 1.807) is 0 Å². The van der Waals surface area contributed by atoms with E-state index in [9.17, 15) is 5.11 Å². The van der Waals surface area contributed by atoms with Gasteiger partial charge in [0.1, 0.15) is 0 Å². The molecule has 2 nitrogen and oxygen atoms in total. The first-order chi connectivity index (χ1) is 6.24. The van der Waals surface area contributed by atoms with Gasteiger partial charge in [-0.05, 0) is 34.5 Å². The topological polar surface area (TPSA) is 32.3 Å². The Morgan fingerprint density at radius 1 is 1.46 bits per heavy atom. The maximum atomic E-state index is 9.33. The van der Waals surface area contributed by atoms with E-state index >= 15 is 0 Å². The van der Waals surface area contributed by atoms with Crippen molar-refractivity contribution < 1.29 is 5.11 Å². The Labute approximate surface area is 87.1 Å². The maximum Gasteiger partial charge on any atom is 0.0709 e. The molecule has 1 atom stereocenters. The molecule has 0 saturated carbocycles. The predicted molar refractivity (Wildman–Crippen MR) is 58.9 cm³/mol. The Balaban J connectivity index is 2.50. The van der Waals surface area contributed by atoms with E-state index in [-0.39, 0.29) is 6.10 Å². The van der Waals surface area contributed by atoms with Crippen LogP contribution in [-0.4, -0.2) is 17.8 Å². The van der Waals surface area contributed by atoms with E-state index in [0.29, 0.717) is 6.54 Å². The number of nitrogens with one attached hydrogen (secondary N) is 1. The van der Waals surface area contributed by atoms with Crippen molar-refractivity contribution in [1.29, 1.82) is 0 Å². The van der Waals surface area contributed by atoms with Crippen LogP contribution in [0.1, 0.15) is 13.3 Å². The van der Waals surface area contributed by atoms with Crippen LogP contribution in [0.4, 0.5) is 5.69 Å². The molecule has 2 N–H and O–H groups in total. The van der Waals surface area contributed by atoms with Crippen molar-refractivity contribution in [1.82, 2.24) is 0 Å². The summed E-state index contributed by atoms with van der Waals surface area (Å²) in [4.78, 5) is 0. The molecule has 0 bridgehead atoms. The fourth-order valence-electron chi connectivity index (χ4n) is 0.977. The summed E-state index contributed by atoms with van der Waals surface area (Å²) < 4.78 is 1.03. The van der Waals surface area contributed by atoms with Crippen molar-refractivity contribution in [2.45, 2.75) is 19.4 Å². The van der Waals surface area contributed by atoms with E-state index in [4.69, 9.17) is 0 Å². The van der Waals surface area contributed by atoms with Crippen LogP contribution >= 0.6 is 15.9 Å². The zero-order valence-electron chi connectivity index (χ0n) is 7.63.